The fourth-order valence-corrected chi connectivity index (χ4v) is 3.65. The van der Waals surface area contributed by atoms with Gasteiger partial charge in [-0.1, -0.05) is 0 Å². The van der Waals surface area contributed by atoms with Gasteiger partial charge < -0.3 is 19.9 Å². The fraction of sp³-hybridized carbons (Fsp3) is 0.500. The van der Waals surface area contributed by atoms with Crippen LogP contribution in [-0.2, 0) is 10.0 Å². The van der Waals surface area contributed by atoms with Gasteiger partial charge in [0.2, 0.25) is 16.8 Å². The molecular weight excluding hydrogens is 324 g/mol. The van der Waals surface area contributed by atoms with Crippen molar-refractivity contribution in [3.63, 3.8) is 0 Å². The van der Waals surface area contributed by atoms with Gasteiger partial charge in [-0.05, 0) is 12.8 Å². The van der Waals surface area contributed by atoms with E-state index in [1.54, 1.807) is 0 Å². The zero-order valence-electron chi connectivity index (χ0n) is 12.6. The highest BCUT2D eigenvalue weighted by atomic mass is 32.2. The highest BCUT2D eigenvalue weighted by Crippen LogP contribution is 2.37. The minimum Gasteiger partial charge on any atom is -0.507 e. The molecule has 2 N–H and O–H groups in total. The monoisotopic (exact) mass is 342 g/mol. The third kappa shape index (κ3) is 3.35. The Hall–Kier alpha value is -2.00. The normalized spacial score (nSPS) is 21.2. The number of nitrogens with zero attached hydrogens (tertiary/aromatic N) is 1. The zero-order valence-corrected chi connectivity index (χ0v) is 13.4. The Balaban J connectivity index is 1.72. The predicted octanol–water partition coefficient (Wildman–Crippen LogP) is 0.275. The van der Waals surface area contributed by atoms with Crippen molar-refractivity contribution in [1.29, 1.82) is 0 Å². The molecule has 2 aliphatic rings. The van der Waals surface area contributed by atoms with Gasteiger partial charge in [0, 0.05) is 31.3 Å². The van der Waals surface area contributed by atoms with Crippen LogP contribution in [0.15, 0.2) is 12.1 Å². The first-order valence-electron chi connectivity index (χ1n) is 7.23. The molecule has 0 aliphatic carbocycles. The van der Waals surface area contributed by atoms with Crippen molar-refractivity contribution in [1.82, 2.24) is 9.62 Å². The van der Waals surface area contributed by atoms with Crippen LogP contribution in [0.2, 0.25) is 0 Å². The summed E-state index contributed by atoms with van der Waals surface area (Å²) >= 11 is 0. The second-order valence-electron chi connectivity index (χ2n) is 5.66. The van der Waals surface area contributed by atoms with Crippen LogP contribution >= 0.6 is 0 Å². The molecule has 0 radical (unpaired) electrons. The molecule has 2 heterocycles. The molecule has 1 aromatic carbocycles. The number of ether oxygens (including phenoxy) is 2. The highest BCUT2D eigenvalue weighted by Gasteiger charge is 2.28. The number of benzene rings is 1. The first-order chi connectivity index (χ1) is 10.8. The summed E-state index contributed by atoms with van der Waals surface area (Å²) in [7, 11) is -3.28. The lowest BCUT2D eigenvalue weighted by molar-refractivity contribution is 0.0918. The van der Waals surface area contributed by atoms with E-state index in [1.807, 2.05) is 0 Å². The second-order valence-corrected chi connectivity index (χ2v) is 7.64. The molecule has 8 nitrogen and oxygen atoms in total. The number of carbonyl (C=O) groups excluding carboxylic acids is 1. The molecule has 0 saturated carbocycles. The fourth-order valence-electron chi connectivity index (χ4n) is 2.74. The number of piperidine rings is 1. The average Bonchev–Trinajstić information content (AvgIpc) is 2.92. The number of amides is 1. The molecule has 3 rings (SSSR count). The molecular formula is C14H18N2O6S. The first kappa shape index (κ1) is 15.9. The Morgan fingerprint density at radius 1 is 1.35 bits per heavy atom. The standard InChI is InChI=1S/C14H18N2O6S/c1-23(19,20)16-4-2-3-9(7-16)15-14(18)10-5-12-13(6-11(10)17)22-8-21-12/h5-6,9,17H,2-4,7-8H2,1H3,(H,15,18)/t9-/m0/s1. The van der Waals surface area contributed by atoms with Crippen LogP contribution in [0.4, 0.5) is 0 Å². The minimum absolute atomic E-state index is 0.0474. The molecule has 1 fully saturated rings. The zero-order chi connectivity index (χ0) is 16.6. The number of sulfonamides is 1. The van der Waals surface area contributed by atoms with Gasteiger partial charge in [-0.15, -0.1) is 0 Å². The van der Waals surface area contributed by atoms with Crippen molar-refractivity contribution < 1.29 is 27.8 Å². The van der Waals surface area contributed by atoms with E-state index in [-0.39, 0.29) is 30.7 Å². The van der Waals surface area contributed by atoms with Crippen LogP contribution in [0.5, 0.6) is 17.2 Å². The Kier molecular flexibility index (Phi) is 4.07. The lowest BCUT2D eigenvalue weighted by Crippen LogP contribution is -2.49. The number of nitrogens with one attached hydrogen (secondary N) is 1. The minimum atomic E-state index is -3.28. The van der Waals surface area contributed by atoms with Crippen LogP contribution in [-0.4, -0.2) is 55.9 Å². The Morgan fingerprint density at radius 2 is 2.04 bits per heavy atom. The van der Waals surface area contributed by atoms with Crippen LogP contribution < -0.4 is 14.8 Å². The number of phenolic OH excluding ortho intramolecular Hbond substituents is 1. The molecule has 9 heteroatoms. The lowest BCUT2D eigenvalue weighted by Gasteiger charge is -2.31. The lowest BCUT2D eigenvalue weighted by atomic mass is 10.1. The van der Waals surface area contributed by atoms with E-state index in [9.17, 15) is 18.3 Å². The predicted molar refractivity (Wildman–Crippen MR) is 81.1 cm³/mol. The molecule has 1 aromatic rings. The Morgan fingerprint density at radius 3 is 2.74 bits per heavy atom. The maximum Gasteiger partial charge on any atom is 0.255 e. The van der Waals surface area contributed by atoms with E-state index in [2.05, 4.69) is 5.32 Å². The molecule has 1 amide bonds. The van der Waals surface area contributed by atoms with E-state index in [4.69, 9.17) is 9.47 Å². The summed E-state index contributed by atoms with van der Waals surface area (Å²) in [6.07, 6.45) is 2.51. The summed E-state index contributed by atoms with van der Waals surface area (Å²) in [5, 5.41) is 12.7. The largest absolute Gasteiger partial charge is 0.507 e. The third-order valence-corrected chi connectivity index (χ3v) is 5.19. The summed E-state index contributed by atoms with van der Waals surface area (Å²) < 4.78 is 34.9. The van der Waals surface area contributed by atoms with Crippen molar-refractivity contribution in [2.75, 3.05) is 26.1 Å². The number of hydrogen-bond donors (Lipinski definition) is 2. The number of fused-ring (bicyclic) bond motifs is 1. The summed E-state index contributed by atoms with van der Waals surface area (Å²) in [5.74, 6) is 0.109. The van der Waals surface area contributed by atoms with Crippen LogP contribution in [0.3, 0.4) is 0 Å². The molecule has 0 spiro atoms. The average molecular weight is 342 g/mol. The van der Waals surface area contributed by atoms with Gasteiger partial charge in [0.15, 0.2) is 11.5 Å². The van der Waals surface area contributed by atoms with Crippen LogP contribution in [0, 0.1) is 0 Å². The van der Waals surface area contributed by atoms with Gasteiger partial charge in [0.1, 0.15) is 5.75 Å². The second kappa shape index (κ2) is 5.89. The summed E-state index contributed by atoms with van der Waals surface area (Å²) in [6.45, 7) is 0.738. The van der Waals surface area contributed by atoms with Crippen molar-refractivity contribution in [3.8, 4) is 17.2 Å². The SMILES string of the molecule is CS(=O)(=O)N1CCC[C@H](NC(=O)c2cc3c(cc2O)OCO3)C1. The van der Waals surface area contributed by atoms with Gasteiger partial charge >= 0.3 is 0 Å². The van der Waals surface area contributed by atoms with Crippen molar-refractivity contribution >= 4 is 15.9 Å². The maximum atomic E-state index is 12.4. The Bertz CT molecular complexity index is 733. The van der Waals surface area contributed by atoms with Gasteiger partial charge in [0.25, 0.3) is 5.91 Å². The van der Waals surface area contributed by atoms with Gasteiger partial charge in [0.05, 0.1) is 11.8 Å². The van der Waals surface area contributed by atoms with Gasteiger partial charge in [-0.2, -0.15) is 0 Å². The summed E-state index contributed by atoms with van der Waals surface area (Å²) in [4.78, 5) is 12.4. The first-order valence-corrected chi connectivity index (χ1v) is 9.08. The van der Waals surface area contributed by atoms with E-state index < -0.39 is 15.9 Å². The smallest absolute Gasteiger partial charge is 0.255 e. The molecule has 126 valence electrons. The van der Waals surface area contributed by atoms with Crippen molar-refractivity contribution in [2.45, 2.75) is 18.9 Å². The van der Waals surface area contributed by atoms with Crippen LogP contribution in [0.25, 0.3) is 0 Å². The summed E-state index contributed by atoms with van der Waals surface area (Å²) in [6, 6.07) is 2.46. The molecule has 0 bridgehead atoms. The molecule has 0 aromatic heterocycles. The van der Waals surface area contributed by atoms with E-state index in [1.165, 1.54) is 16.4 Å². The third-order valence-electron chi connectivity index (χ3n) is 3.92. The number of aromatic hydroxyl groups is 1. The van der Waals surface area contributed by atoms with E-state index >= 15 is 0 Å². The van der Waals surface area contributed by atoms with E-state index in [0.717, 1.165) is 6.26 Å². The molecule has 23 heavy (non-hydrogen) atoms. The molecule has 1 saturated heterocycles. The number of phenols is 1. The van der Waals surface area contributed by atoms with Gasteiger partial charge in [-0.3, -0.25) is 4.79 Å². The molecule has 1 atom stereocenters. The Labute approximate surface area is 134 Å². The number of rotatable bonds is 3. The maximum absolute atomic E-state index is 12.4. The van der Waals surface area contributed by atoms with Crippen molar-refractivity contribution in [3.05, 3.63) is 17.7 Å². The van der Waals surface area contributed by atoms with Crippen molar-refractivity contribution in [2.24, 2.45) is 0 Å². The number of carbonyl (C=O) groups is 1. The molecule has 2 aliphatic heterocycles. The quantitative estimate of drug-likeness (QED) is 0.817. The number of hydrogen-bond acceptors (Lipinski definition) is 6. The highest BCUT2D eigenvalue weighted by molar-refractivity contribution is 7.88. The summed E-state index contributed by atoms with van der Waals surface area (Å²) in [5.41, 5.74) is 0.0747. The topological polar surface area (TPSA) is 105 Å². The van der Waals surface area contributed by atoms with E-state index in [0.29, 0.717) is 30.9 Å². The van der Waals surface area contributed by atoms with Crippen LogP contribution in [0.1, 0.15) is 23.2 Å². The molecule has 0 unspecified atom stereocenters. The van der Waals surface area contributed by atoms with Gasteiger partial charge in [-0.25, -0.2) is 12.7 Å².